The zero-order chi connectivity index (χ0) is 16.7. The summed E-state index contributed by atoms with van der Waals surface area (Å²) in [6.07, 6.45) is -0.278. The van der Waals surface area contributed by atoms with Crippen molar-refractivity contribution in [2.45, 2.75) is 18.8 Å². The minimum Gasteiger partial charge on any atom is -0.508 e. The lowest BCUT2D eigenvalue weighted by molar-refractivity contribution is -0.135. The molecule has 3 N–H and O–H groups in total. The molecule has 6 heteroatoms. The summed E-state index contributed by atoms with van der Waals surface area (Å²) in [5, 5.41) is 15.9. The van der Waals surface area contributed by atoms with E-state index in [0.29, 0.717) is 17.9 Å². The van der Waals surface area contributed by atoms with Crippen molar-refractivity contribution in [1.29, 1.82) is 0 Å². The summed E-state index contributed by atoms with van der Waals surface area (Å²) in [4.78, 5) is 12.5. The van der Waals surface area contributed by atoms with E-state index in [9.17, 15) is 9.90 Å². The first kappa shape index (κ1) is 14.8. The maximum Gasteiger partial charge on any atom is 0.230 e. The molecule has 0 aromatic heterocycles. The van der Waals surface area contributed by atoms with E-state index in [0.717, 1.165) is 11.1 Å². The molecule has 3 unspecified atom stereocenters. The van der Waals surface area contributed by atoms with Crippen LogP contribution in [0.25, 0.3) is 0 Å². The quantitative estimate of drug-likeness (QED) is 0.783. The van der Waals surface area contributed by atoms with E-state index in [1.807, 2.05) is 24.3 Å². The number of phenols is 1. The molecule has 2 aromatic carbocycles. The van der Waals surface area contributed by atoms with E-state index in [2.05, 4.69) is 10.6 Å². The van der Waals surface area contributed by atoms with Crippen LogP contribution in [-0.4, -0.2) is 24.4 Å². The molecular weight excluding hydrogens is 308 g/mol. The molecule has 1 amide bonds. The first-order chi connectivity index (χ1) is 11.7. The number of para-hydroxylation sites is 1. The van der Waals surface area contributed by atoms with Crippen LogP contribution in [0.1, 0.15) is 17.3 Å². The Morgan fingerprint density at radius 3 is 2.88 bits per heavy atom. The summed E-state index contributed by atoms with van der Waals surface area (Å²) in [5.74, 6) is 1.12. The van der Waals surface area contributed by atoms with Crippen molar-refractivity contribution in [3.63, 3.8) is 0 Å². The lowest BCUT2D eigenvalue weighted by Crippen LogP contribution is -2.60. The van der Waals surface area contributed by atoms with Gasteiger partial charge in [-0.25, -0.2) is 0 Å². The zero-order valence-electron chi connectivity index (χ0n) is 13.2. The molecule has 6 nitrogen and oxygen atoms in total. The third-order valence-electron chi connectivity index (χ3n) is 4.49. The first-order valence-electron chi connectivity index (χ1n) is 7.83. The van der Waals surface area contributed by atoms with Gasteiger partial charge in [0.25, 0.3) is 0 Å². The molecule has 2 aliphatic heterocycles. The van der Waals surface area contributed by atoms with E-state index in [4.69, 9.17) is 9.47 Å². The number of amides is 1. The van der Waals surface area contributed by atoms with Crippen LogP contribution in [0.5, 0.6) is 17.2 Å². The smallest absolute Gasteiger partial charge is 0.230 e. The highest BCUT2D eigenvalue weighted by atomic mass is 16.5. The van der Waals surface area contributed by atoms with Crippen molar-refractivity contribution in [2.75, 3.05) is 7.11 Å². The number of fused-ring (bicyclic) bond motifs is 2. The van der Waals surface area contributed by atoms with E-state index < -0.39 is 12.4 Å². The number of rotatable bonds is 2. The second-order valence-electron chi connectivity index (χ2n) is 6.00. The summed E-state index contributed by atoms with van der Waals surface area (Å²) >= 11 is 0. The van der Waals surface area contributed by atoms with Gasteiger partial charge in [-0.2, -0.15) is 0 Å². The summed E-state index contributed by atoms with van der Waals surface area (Å²) in [5.41, 5.74) is 1.74. The Hall–Kier alpha value is -2.73. The van der Waals surface area contributed by atoms with Crippen molar-refractivity contribution in [3.8, 4) is 17.2 Å². The maximum atomic E-state index is 12.5. The van der Waals surface area contributed by atoms with Gasteiger partial charge in [0.05, 0.1) is 13.0 Å². The standard InChI is InChI=1S/C18H18N2O4/c1-23-14-7-3-4-10-9-13-17(22)19-16(20-18(13)24-15(10)14)11-5-2-6-12(21)8-11/h2-8,13,16,18,20-21H,9H2,1H3,(H,19,22). The number of carbonyl (C=O) groups excluding carboxylic acids is 1. The molecule has 0 aliphatic carbocycles. The Morgan fingerprint density at radius 2 is 2.08 bits per heavy atom. The van der Waals surface area contributed by atoms with Gasteiger partial charge >= 0.3 is 0 Å². The molecule has 24 heavy (non-hydrogen) atoms. The van der Waals surface area contributed by atoms with E-state index in [1.54, 1.807) is 25.3 Å². The van der Waals surface area contributed by atoms with Gasteiger partial charge in [-0.1, -0.05) is 24.3 Å². The third kappa shape index (κ3) is 2.45. The van der Waals surface area contributed by atoms with Gasteiger partial charge in [0.2, 0.25) is 5.91 Å². The van der Waals surface area contributed by atoms with E-state index in [-0.39, 0.29) is 17.6 Å². The van der Waals surface area contributed by atoms with Crippen molar-refractivity contribution >= 4 is 5.91 Å². The number of benzene rings is 2. The fourth-order valence-corrected chi connectivity index (χ4v) is 3.29. The van der Waals surface area contributed by atoms with Crippen molar-refractivity contribution < 1.29 is 19.4 Å². The van der Waals surface area contributed by atoms with Crippen molar-refractivity contribution in [2.24, 2.45) is 5.92 Å². The molecule has 0 saturated carbocycles. The van der Waals surface area contributed by atoms with Gasteiger partial charge in [0.1, 0.15) is 11.9 Å². The molecule has 2 aromatic rings. The van der Waals surface area contributed by atoms with Gasteiger partial charge < -0.3 is 19.9 Å². The average Bonchev–Trinajstić information content (AvgIpc) is 2.59. The van der Waals surface area contributed by atoms with Crippen LogP contribution in [0, 0.1) is 5.92 Å². The van der Waals surface area contributed by atoms with Crippen LogP contribution in [0.3, 0.4) is 0 Å². The predicted octanol–water partition coefficient (Wildman–Crippen LogP) is 1.70. The Bertz CT molecular complexity index is 792. The normalized spacial score (nSPS) is 25.0. The highest BCUT2D eigenvalue weighted by Crippen LogP contribution is 2.39. The van der Waals surface area contributed by atoms with Gasteiger partial charge in [0, 0.05) is 0 Å². The minimum atomic E-state index is -0.449. The molecule has 0 spiro atoms. The van der Waals surface area contributed by atoms with Crippen LogP contribution >= 0.6 is 0 Å². The van der Waals surface area contributed by atoms with Gasteiger partial charge in [-0.3, -0.25) is 10.1 Å². The Morgan fingerprint density at radius 1 is 1.25 bits per heavy atom. The molecule has 0 radical (unpaired) electrons. The average molecular weight is 326 g/mol. The summed E-state index contributed by atoms with van der Waals surface area (Å²) in [6, 6.07) is 12.5. The second-order valence-corrected chi connectivity index (χ2v) is 6.00. The Kier molecular flexibility index (Phi) is 3.54. The van der Waals surface area contributed by atoms with E-state index in [1.165, 1.54) is 0 Å². The number of methoxy groups -OCH3 is 1. The predicted molar refractivity (Wildman–Crippen MR) is 86.7 cm³/mol. The zero-order valence-corrected chi connectivity index (χ0v) is 13.2. The molecular formula is C18H18N2O4. The Labute approximate surface area is 139 Å². The van der Waals surface area contributed by atoms with Crippen molar-refractivity contribution in [3.05, 3.63) is 53.6 Å². The maximum absolute atomic E-state index is 12.5. The third-order valence-corrected chi connectivity index (χ3v) is 4.49. The molecule has 1 saturated heterocycles. The monoisotopic (exact) mass is 326 g/mol. The van der Waals surface area contributed by atoms with Crippen molar-refractivity contribution in [1.82, 2.24) is 10.6 Å². The molecule has 1 fully saturated rings. The van der Waals surface area contributed by atoms with E-state index >= 15 is 0 Å². The SMILES string of the molecule is COc1cccc2c1OC1NC(c3cccc(O)c3)NC(=O)C1C2. The fraction of sp³-hybridized carbons (Fsp3) is 0.278. The highest BCUT2D eigenvalue weighted by Gasteiger charge is 2.42. The van der Waals surface area contributed by atoms with Crippen LogP contribution in [0.4, 0.5) is 0 Å². The summed E-state index contributed by atoms with van der Waals surface area (Å²) in [6.45, 7) is 0. The van der Waals surface area contributed by atoms with Gasteiger partial charge in [-0.05, 0) is 35.7 Å². The first-order valence-corrected chi connectivity index (χ1v) is 7.83. The summed E-state index contributed by atoms with van der Waals surface area (Å²) < 4.78 is 11.4. The lowest BCUT2D eigenvalue weighted by atomic mass is 9.90. The Balaban J connectivity index is 1.64. The lowest BCUT2D eigenvalue weighted by Gasteiger charge is -2.40. The number of nitrogens with one attached hydrogen (secondary N) is 2. The number of phenolic OH excluding ortho intramolecular Hbond substituents is 1. The van der Waals surface area contributed by atoms with Crippen LogP contribution in [0.15, 0.2) is 42.5 Å². The largest absolute Gasteiger partial charge is 0.508 e. The highest BCUT2D eigenvalue weighted by molar-refractivity contribution is 5.81. The number of aromatic hydroxyl groups is 1. The summed E-state index contributed by atoms with van der Waals surface area (Å²) in [7, 11) is 1.60. The molecule has 3 atom stereocenters. The molecule has 4 rings (SSSR count). The van der Waals surface area contributed by atoms with Gasteiger partial charge in [0.15, 0.2) is 17.7 Å². The number of hydrogen-bond acceptors (Lipinski definition) is 5. The number of hydrogen-bond donors (Lipinski definition) is 3. The van der Waals surface area contributed by atoms with Crippen LogP contribution in [-0.2, 0) is 11.2 Å². The number of carbonyl (C=O) groups is 1. The molecule has 124 valence electrons. The second kappa shape index (κ2) is 5.72. The van der Waals surface area contributed by atoms with Crippen LogP contribution < -0.4 is 20.1 Å². The fourth-order valence-electron chi connectivity index (χ4n) is 3.29. The number of ether oxygens (including phenoxy) is 2. The molecule has 2 aliphatic rings. The molecule has 2 heterocycles. The minimum absolute atomic E-state index is 0.0689. The van der Waals surface area contributed by atoms with Gasteiger partial charge in [-0.15, -0.1) is 0 Å². The topological polar surface area (TPSA) is 79.8 Å². The molecule has 0 bridgehead atoms. The van der Waals surface area contributed by atoms with Crippen LogP contribution in [0.2, 0.25) is 0 Å².